The lowest BCUT2D eigenvalue weighted by Crippen LogP contribution is -2.29. The van der Waals surface area contributed by atoms with E-state index in [1.54, 1.807) is 6.92 Å². The summed E-state index contributed by atoms with van der Waals surface area (Å²) < 4.78 is 14.3. The molecule has 0 unspecified atom stereocenters. The first-order valence-corrected chi connectivity index (χ1v) is 7.54. The predicted molar refractivity (Wildman–Crippen MR) is 78.7 cm³/mol. The molecule has 1 aromatic heterocycles. The van der Waals surface area contributed by atoms with Gasteiger partial charge < -0.3 is 0 Å². The molecule has 1 amide bonds. The number of hydrogen-bond donors (Lipinski definition) is 0. The van der Waals surface area contributed by atoms with Crippen LogP contribution in [-0.2, 0) is 11.3 Å². The second-order valence-corrected chi connectivity index (χ2v) is 6.48. The summed E-state index contributed by atoms with van der Waals surface area (Å²) in [6.45, 7) is 2.02. The molecule has 1 aliphatic heterocycles. The smallest absolute Gasteiger partial charge is 0.299 e. The van der Waals surface area contributed by atoms with Crippen LogP contribution in [0.2, 0.25) is 0 Å². The van der Waals surface area contributed by atoms with Crippen LogP contribution >= 0.6 is 27.3 Å². The Morgan fingerprint density at radius 2 is 2.05 bits per heavy atom. The van der Waals surface area contributed by atoms with Crippen molar-refractivity contribution in [2.24, 2.45) is 0 Å². The van der Waals surface area contributed by atoms with Gasteiger partial charge in [-0.25, -0.2) is 4.39 Å². The standard InChI is InChI=1S/C14H9BrFNO2S/c1-7-2-9(16)4-11-12(7)17(14(19)13(11)18)5-10-3-8(15)6-20-10/h2-4,6H,5H2,1H3. The van der Waals surface area contributed by atoms with E-state index in [1.807, 2.05) is 11.4 Å². The second kappa shape index (κ2) is 4.79. The van der Waals surface area contributed by atoms with E-state index in [9.17, 15) is 14.0 Å². The van der Waals surface area contributed by atoms with Gasteiger partial charge in [-0.05, 0) is 46.6 Å². The summed E-state index contributed by atoms with van der Waals surface area (Å²) in [4.78, 5) is 26.4. The zero-order valence-corrected chi connectivity index (χ0v) is 12.8. The SMILES string of the molecule is Cc1cc(F)cc2c1N(Cc1cc(Br)cs1)C(=O)C2=O. The second-order valence-electron chi connectivity index (χ2n) is 4.57. The monoisotopic (exact) mass is 353 g/mol. The highest BCUT2D eigenvalue weighted by molar-refractivity contribution is 9.10. The average molecular weight is 354 g/mol. The maximum Gasteiger partial charge on any atom is 0.299 e. The number of hydrogen-bond acceptors (Lipinski definition) is 3. The Labute approximate surface area is 127 Å². The van der Waals surface area contributed by atoms with Crippen LogP contribution in [0.25, 0.3) is 0 Å². The van der Waals surface area contributed by atoms with E-state index in [4.69, 9.17) is 0 Å². The van der Waals surface area contributed by atoms with Gasteiger partial charge >= 0.3 is 0 Å². The van der Waals surface area contributed by atoms with Gasteiger partial charge in [-0.15, -0.1) is 11.3 Å². The molecule has 1 aliphatic rings. The van der Waals surface area contributed by atoms with E-state index in [-0.39, 0.29) is 5.56 Å². The highest BCUT2D eigenvalue weighted by Gasteiger charge is 2.37. The van der Waals surface area contributed by atoms with E-state index < -0.39 is 17.5 Å². The highest BCUT2D eigenvalue weighted by Crippen LogP contribution is 2.35. The molecule has 0 radical (unpaired) electrons. The number of amides is 1. The third-order valence-corrected chi connectivity index (χ3v) is 4.84. The third-order valence-electron chi connectivity index (χ3n) is 3.15. The van der Waals surface area contributed by atoms with Crippen molar-refractivity contribution in [2.75, 3.05) is 4.90 Å². The van der Waals surface area contributed by atoms with E-state index in [0.717, 1.165) is 15.4 Å². The molecule has 0 saturated heterocycles. The molecular formula is C14H9BrFNO2S. The first kappa shape index (κ1) is 13.5. The van der Waals surface area contributed by atoms with Crippen molar-refractivity contribution in [3.63, 3.8) is 0 Å². The molecule has 0 atom stereocenters. The Morgan fingerprint density at radius 3 is 2.70 bits per heavy atom. The normalized spacial score (nSPS) is 14.1. The van der Waals surface area contributed by atoms with Gasteiger partial charge in [0.1, 0.15) is 5.82 Å². The van der Waals surface area contributed by atoms with Crippen LogP contribution < -0.4 is 4.90 Å². The molecule has 3 rings (SSSR count). The number of ketones is 1. The molecule has 1 aromatic carbocycles. The minimum atomic E-state index is -0.641. The zero-order chi connectivity index (χ0) is 14.4. The van der Waals surface area contributed by atoms with Crippen molar-refractivity contribution in [2.45, 2.75) is 13.5 Å². The first-order chi connectivity index (χ1) is 9.47. The third kappa shape index (κ3) is 2.09. The molecule has 0 aliphatic carbocycles. The Hall–Kier alpha value is -1.53. The number of aryl methyl sites for hydroxylation is 1. The maximum absolute atomic E-state index is 13.4. The molecule has 102 valence electrons. The molecule has 0 fully saturated rings. The van der Waals surface area contributed by atoms with Gasteiger partial charge in [0.2, 0.25) is 0 Å². The molecule has 0 spiro atoms. The van der Waals surface area contributed by atoms with Gasteiger partial charge in [0, 0.05) is 14.7 Å². The molecule has 2 aromatic rings. The number of fused-ring (bicyclic) bond motifs is 1. The van der Waals surface area contributed by atoms with Crippen LogP contribution in [0.1, 0.15) is 20.8 Å². The van der Waals surface area contributed by atoms with Crippen LogP contribution in [0.5, 0.6) is 0 Å². The fraction of sp³-hybridized carbons (Fsp3) is 0.143. The first-order valence-electron chi connectivity index (χ1n) is 5.86. The van der Waals surface area contributed by atoms with Crippen LogP contribution in [0.3, 0.4) is 0 Å². The summed E-state index contributed by atoms with van der Waals surface area (Å²) >= 11 is 4.85. The van der Waals surface area contributed by atoms with Gasteiger partial charge in [-0.3, -0.25) is 14.5 Å². The van der Waals surface area contributed by atoms with Crippen LogP contribution in [-0.4, -0.2) is 11.7 Å². The molecule has 0 N–H and O–H groups in total. The number of Topliss-reactive ketones (excluding diaryl/α,β-unsaturated/α-hetero) is 1. The summed E-state index contributed by atoms with van der Waals surface area (Å²) in [5.74, 6) is -1.74. The van der Waals surface area contributed by atoms with Crippen LogP contribution in [0.4, 0.5) is 10.1 Å². The molecule has 0 bridgehead atoms. The Balaban J connectivity index is 2.06. The molecule has 2 heterocycles. The largest absolute Gasteiger partial charge is 0.299 e. The fourth-order valence-electron chi connectivity index (χ4n) is 2.35. The summed E-state index contributed by atoms with van der Waals surface area (Å²) in [5.41, 5.74) is 1.27. The summed E-state index contributed by atoms with van der Waals surface area (Å²) in [6.07, 6.45) is 0. The summed E-state index contributed by atoms with van der Waals surface area (Å²) in [6, 6.07) is 4.37. The molecule has 6 heteroatoms. The molecular weight excluding hydrogens is 345 g/mol. The van der Waals surface area contributed by atoms with Gasteiger partial charge in [0.15, 0.2) is 0 Å². The van der Waals surface area contributed by atoms with Crippen molar-refractivity contribution in [1.82, 2.24) is 0 Å². The van der Waals surface area contributed by atoms with Crippen LogP contribution in [0.15, 0.2) is 28.1 Å². The number of nitrogens with zero attached hydrogens (tertiary/aromatic N) is 1. The van der Waals surface area contributed by atoms with Crippen molar-refractivity contribution >= 4 is 44.6 Å². The number of carbonyl (C=O) groups is 2. The number of thiophene rings is 1. The lowest BCUT2D eigenvalue weighted by Gasteiger charge is -2.17. The number of halogens is 2. The van der Waals surface area contributed by atoms with Crippen molar-refractivity contribution in [3.8, 4) is 0 Å². The maximum atomic E-state index is 13.4. The minimum absolute atomic E-state index is 0.156. The van der Waals surface area contributed by atoms with E-state index in [2.05, 4.69) is 15.9 Å². The van der Waals surface area contributed by atoms with Crippen molar-refractivity contribution < 1.29 is 14.0 Å². The van der Waals surface area contributed by atoms with Gasteiger partial charge in [0.05, 0.1) is 17.8 Å². The average Bonchev–Trinajstić information content (AvgIpc) is 2.88. The predicted octanol–water partition coefficient (Wildman–Crippen LogP) is 3.69. The number of carbonyl (C=O) groups excluding carboxylic acids is 2. The minimum Gasteiger partial charge on any atom is -0.299 e. The number of rotatable bonds is 2. The van der Waals surface area contributed by atoms with Crippen molar-refractivity contribution in [3.05, 3.63) is 49.9 Å². The van der Waals surface area contributed by atoms with E-state index in [0.29, 0.717) is 17.8 Å². The number of benzene rings is 1. The lowest BCUT2D eigenvalue weighted by molar-refractivity contribution is -0.114. The number of anilines is 1. The topological polar surface area (TPSA) is 37.4 Å². The van der Waals surface area contributed by atoms with Gasteiger partial charge in [-0.1, -0.05) is 0 Å². The highest BCUT2D eigenvalue weighted by atomic mass is 79.9. The van der Waals surface area contributed by atoms with Gasteiger partial charge in [-0.2, -0.15) is 0 Å². The Morgan fingerprint density at radius 1 is 1.30 bits per heavy atom. The van der Waals surface area contributed by atoms with Gasteiger partial charge in [0.25, 0.3) is 11.7 Å². The Bertz CT molecular complexity index is 741. The lowest BCUT2D eigenvalue weighted by atomic mass is 10.1. The van der Waals surface area contributed by atoms with E-state index >= 15 is 0 Å². The van der Waals surface area contributed by atoms with Crippen molar-refractivity contribution in [1.29, 1.82) is 0 Å². The Kier molecular flexibility index (Phi) is 3.22. The quantitative estimate of drug-likeness (QED) is 0.772. The van der Waals surface area contributed by atoms with Crippen LogP contribution in [0, 0.1) is 12.7 Å². The fourth-order valence-corrected chi connectivity index (χ4v) is 3.79. The zero-order valence-electron chi connectivity index (χ0n) is 10.4. The molecule has 3 nitrogen and oxygen atoms in total. The van der Waals surface area contributed by atoms with E-state index in [1.165, 1.54) is 22.3 Å². The molecule has 0 saturated carbocycles. The summed E-state index contributed by atoms with van der Waals surface area (Å²) in [7, 11) is 0. The summed E-state index contributed by atoms with van der Waals surface area (Å²) in [5, 5.41) is 1.91. The molecule has 20 heavy (non-hydrogen) atoms.